The summed E-state index contributed by atoms with van der Waals surface area (Å²) in [5.41, 5.74) is 0. The van der Waals surface area contributed by atoms with Crippen LogP contribution in [0.5, 0.6) is 0 Å². The van der Waals surface area contributed by atoms with E-state index in [1.54, 1.807) is 24.8 Å². The van der Waals surface area contributed by atoms with Crippen molar-refractivity contribution in [3.63, 3.8) is 0 Å². The minimum atomic E-state index is 0. The van der Waals surface area contributed by atoms with Gasteiger partial charge in [-0.3, -0.25) is 16.0 Å². The van der Waals surface area contributed by atoms with Crippen LogP contribution in [0.15, 0.2) is 79.4 Å². The summed E-state index contributed by atoms with van der Waals surface area (Å²) >= 11 is 1.82. The van der Waals surface area contributed by atoms with Crippen LogP contribution in [-0.4, -0.2) is 9.97 Å². The smallest absolute Gasteiger partial charge is 0.0267 e. The van der Waals surface area contributed by atoms with Crippen molar-refractivity contribution in [1.29, 1.82) is 0 Å². The van der Waals surface area contributed by atoms with Gasteiger partial charge in [-0.2, -0.15) is 5.92 Å². The van der Waals surface area contributed by atoms with E-state index in [-0.39, 0.29) is 7.43 Å². The van der Waals surface area contributed by atoms with Crippen LogP contribution in [-0.2, 0) is 17.3 Å². The Morgan fingerprint density at radius 3 is 1.41 bits per heavy atom. The van der Waals surface area contributed by atoms with Crippen molar-refractivity contribution in [1.82, 2.24) is 9.97 Å². The predicted octanol–water partition coefficient (Wildman–Crippen LogP) is 4.85. The van der Waals surface area contributed by atoms with Gasteiger partial charge in [-0.15, -0.1) is 6.08 Å². The fourth-order valence-corrected chi connectivity index (χ4v) is 1.85. The van der Waals surface area contributed by atoms with Gasteiger partial charge in [0.1, 0.15) is 0 Å². The van der Waals surface area contributed by atoms with Crippen molar-refractivity contribution in [3.05, 3.63) is 92.9 Å². The Kier molecular flexibility index (Phi) is 13.8. The van der Waals surface area contributed by atoms with Gasteiger partial charge >= 0.3 is 27.0 Å². The van der Waals surface area contributed by atoms with E-state index in [1.807, 2.05) is 53.7 Å². The summed E-state index contributed by atoms with van der Waals surface area (Å²) in [4.78, 5) is 7.57. The molecule has 2 aromatic rings. The van der Waals surface area contributed by atoms with Gasteiger partial charge in [0.15, 0.2) is 0 Å². The zero-order valence-electron chi connectivity index (χ0n) is 12.5. The number of hydrogen-bond donors (Lipinski definition) is 0. The molecule has 2 aliphatic rings. The zero-order valence-corrected chi connectivity index (χ0v) is 15.0. The summed E-state index contributed by atoms with van der Waals surface area (Å²) in [6.45, 7) is 0. The van der Waals surface area contributed by atoms with E-state index in [4.69, 9.17) is 0 Å². The second kappa shape index (κ2) is 14.6. The molecule has 2 unspecified atom stereocenters. The topological polar surface area (TPSA) is 25.8 Å². The first-order chi connectivity index (χ1) is 10.4. The van der Waals surface area contributed by atoms with Crippen molar-refractivity contribution < 1.29 is 17.3 Å². The molecule has 22 heavy (non-hydrogen) atoms. The second-order valence-corrected chi connectivity index (χ2v) is 4.27. The molecule has 0 saturated heterocycles. The van der Waals surface area contributed by atoms with E-state index in [9.17, 15) is 0 Å². The quantitative estimate of drug-likeness (QED) is 0.359. The van der Waals surface area contributed by atoms with Gasteiger partial charge in [0.2, 0.25) is 0 Å². The maximum atomic E-state index is 4.57. The normalized spacial score (nSPS) is 18.4. The van der Waals surface area contributed by atoms with Crippen LogP contribution in [0, 0.1) is 25.3 Å². The molecule has 2 aliphatic carbocycles. The van der Waals surface area contributed by atoms with Gasteiger partial charge in [-0.25, -0.2) is 0 Å². The Bertz CT molecular complexity index is 390. The summed E-state index contributed by atoms with van der Waals surface area (Å²) in [7, 11) is 4.57. The summed E-state index contributed by atoms with van der Waals surface area (Å²) < 4.78 is 0. The third-order valence-electron chi connectivity index (χ3n) is 2.77. The molecule has 0 fully saturated rings. The summed E-state index contributed by atoms with van der Waals surface area (Å²) in [6.07, 6.45) is 18.2. The van der Waals surface area contributed by atoms with Crippen molar-refractivity contribution in [2.45, 2.75) is 6.42 Å². The summed E-state index contributed by atoms with van der Waals surface area (Å²) in [6, 6.07) is 11.4. The molecule has 2 bridgehead atoms. The number of aromatic nitrogens is 2. The fourth-order valence-electron chi connectivity index (χ4n) is 1.85. The average molecular weight is 401 g/mol. The van der Waals surface area contributed by atoms with Crippen LogP contribution in [0.25, 0.3) is 0 Å². The molecule has 117 valence electrons. The largest absolute Gasteiger partial charge is 0.265 e. The van der Waals surface area contributed by atoms with Crippen molar-refractivity contribution in [2.75, 3.05) is 0 Å². The molecule has 0 spiro atoms. The summed E-state index contributed by atoms with van der Waals surface area (Å²) in [5, 5.41) is 0. The predicted molar refractivity (Wildman–Crippen MR) is 89.3 cm³/mol. The molecule has 0 radical (unpaired) electrons. The number of hydrogen-bond acceptors (Lipinski definition) is 2. The Morgan fingerprint density at radius 1 is 0.818 bits per heavy atom. The molecule has 0 aliphatic heterocycles. The molecule has 2 nitrogen and oxygen atoms in total. The van der Waals surface area contributed by atoms with E-state index >= 15 is 0 Å². The standard InChI is InChI=1S/C7H7.2C5H5N.CH3.ClH.Ru/c1-2-7-4-3-6(1)5-7;2*1-2-4-6-5-3-1;;;/h1-3,6-7H,5H2;2*1-5H;1H3;1H;/q-1;;;-1;;+3/p-1. The maximum absolute atomic E-state index is 4.57. The second-order valence-electron chi connectivity index (χ2n) is 4.27. The van der Waals surface area contributed by atoms with E-state index in [2.05, 4.69) is 44.0 Å². The average Bonchev–Trinajstić information content (AvgIpc) is 3.27. The van der Waals surface area contributed by atoms with Gasteiger partial charge in [0.25, 0.3) is 0 Å². The van der Waals surface area contributed by atoms with Crippen molar-refractivity contribution >= 4 is 9.69 Å². The molecule has 2 aromatic heterocycles. The molecule has 4 rings (SSSR count). The first kappa shape index (κ1) is 20.7. The Hall–Kier alpha value is -1.31. The van der Waals surface area contributed by atoms with E-state index < -0.39 is 0 Å². The van der Waals surface area contributed by atoms with Gasteiger partial charge in [0, 0.05) is 24.8 Å². The monoisotopic (exact) mass is 401 g/mol. The van der Waals surface area contributed by atoms with E-state index in [1.165, 1.54) is 6.42 Å². The third kappa shape index (κ3) is 9.60. The number of halogens is 1. The van der Waals surface area contributed by atoms with Gasteiger partial charge in [-0.05, 0) is 30.2 Å². The maximum Gasteiger partial charge on any atom is 0.0267 e. The molecular weight excluding hydrogens is 381 g/mol. The SMILES string of the molecule is [C-]1=CC2C=CC1C2.[CH3-].[Cl][Ru+2].c1ccncc1.c1ccncc1. The Labute approximate surface area is 148 Å². The van der Waals surface area contributed by atoms with Gasteiger partial charge in [0.05, 0.1) is 0 Å². The fraction of sp³-hybridized carbons (Fsp3) is 0.167. The summed E-state index contributed by atoms with van der Waals surface area (Å²) in [5.74, 6) is 1.44. The van der Waals surface area contributed by atoms with Crippen LogP contribution in [0.1, 0.15) is 6.42 Å². The number of rotatable bonds is 0. The Balaban J connectivity index is 0.000000280. The molecule has 4 heteroatoms. The number of fused-ring (bicyclic) bond motifs is 2. The van der Waals surface area contributed by atoms with Crippen LogP contribution in [0.2, 0.25) is 0 Å². The van der Waals surface area contributed by atoms with Gasteiger partial charge in [-0.1, -0.05) is 24.6 Å². The van der Waals surface area contributed by atoms with Crippen molar-refractivity contribution in [3.8, 4) is 0 Å². The molecule has 2 heterocycles. The first-order valence-electron chi connectivity index (χ1n) is 6.56. The molecule has 0 N–H and O–H groups in total. The van der Waals surface area contributed by atoms with E-state index in [0.29, 0.717) is 5.92 Å². The third-order valence-corrected chi connectivity index (χ3v) is 2.77. The molecule has 2 atom stereocenters. The number of nitrogens with zero attached hydrogens (tertiary/aromatic N) is 2. The van der Waals surface area contributed by atoms with Crippen LogP contribution in [0.4, 0.5) is 0 Å². The number of pyridine rings is 2. The van der Waals surface area contributed by atoms with Gasteiger partial charge < -0.3 is 13.5 Å². The minimum absolute atomic E-state index is 0. The Morgan fingerprint density at radius 2 is 1.32 bits per heavy atom. The zero-order chi connectivity index (χ0) is 15.2. The minimum Gasteiger partial charge on any atom is -0.265 e. The van der Waals surface area contributed by atoms with Crippen LogP contribution < -0.4 is 0 Å². The van der Waals surface area contributed by atoms with E-state index in [0.717, 1.165) is 5.92 Å². The molecule has 0 saturated carbocycles. The first-order valence-corrected chi connectivity index (χ1v) is 8.80. The number of allylic oxidation sites excluding steroid dienone is 4. The molecular formula is C18H20ClN2Ru. The van der Waals surface area contributed by atoms with Crippen LogP contribution >= 0.6 is 9.69 Å². The van der Waals surface area contributed by atoms with Crippen molar-refractivity contribution in [2.24, 2.45) is 11.8 Å². The molecule has 0 amide bonds. The van der Waals surface area contributed by atoms with Crippen LogP contribution in [0.3, 0.4) is 0 Å². The molecule has 0 aromatic carbocycles.